The molecule has 0 aliphatic rings. The summed E-state index contributed by atoms with van der Waals surface area (Å²) in [5.74, 6) is -1.44. The Labute approximate surface area is 233 Å². The van der Waals surface area contributed by atoms with Gasteiger partial charge < -0.3 is 48.0 Å². The molecular formula is C3H5CaNa4O10P2+. The summed E-state index contributed by atoms with van der Waals surface area (Å²) in [6.45, 7) is 1.13. The van der Waals surface area contributed by atoms with E-state index >= 15 is 0 Å². The first-order chi connectivity index (χ1) is 6.35. The SMILES string of the molecule is CC(O)C(=O)[O-].O=P([O-])([O-])OP(=O)([O-])[O-].[Ca+2].[Na+].[Na+].[Na+].[Na+]. The van der Waals surface area contributed by atoms with Gasteiger partial charge in [-0.2, -0.15) is 0 Å². The molecule has 0 amide bonds. The quantitative estimate of drug-likeness (QED) is 0.354. The van der Waals surface area contributed by atoms with Crippen molar-refractivity contribution in [1.29, 1.82) is 0 Å². The average Bonchev–Trinajstić information content (AvgIpc) is 1.78. The van der Waals surface area contributed by atoms with Gasteiger partial charge in [0.2, 0.25) is 0 Å². The molecule has 0 heterocycles. The molecule has 0 aliphatic carbocycles. The van der Waals surface area contributed by atoms with E-state index in [4.69, 9.17) is 5.11 Å². The van der Waals surface area contributed by atoms with Crippen LogP contribution in [-0.2, 0) is 18.2 Å². The summed E-state index contributed by atoms with van der Waals surface area (Å²) in [4.78, 5) is 46.6. The van der Waals surface area contributed by atoms with Crippen LogP contribution in [0.25, 0.3) is 0 Å². The largest absolute Gasteiger partial charge is 2.00 e. The smallest absolute Gasteiger partial charge is 0.790 e. The Morgan fingerprint density at radius 2 is 1.15 bits per heavy atom. The van der Waals surface area contributed by atoms with Crippen LogP contribution < -0.4 is 143 Å². The van der Waals surface area contributed by atoms with E-state index < -0.39 is 27.7 Å². The van der Waals surface area contributed by atoms with Crippen LogP contribution in [-0.4, -0.2) is 54.9 Å². The molecule has 0 radical (unpaired) electrons. The van der Waals surface area contributed by atoms with Gasteiger partial charge in [-0.25, -0.2) is 0 Å². The van der Waals surface area contributed by atoms with Gasteiger partial charge in [0.05, 0.1) is 27.7 Å². The van der Waals surface area contributed by atoms with Gasteiger partial charge in [0, 0.05) is 0 Å². The molecule has 17 heteroatoms. The minimum atomic E-state index is -5.68. The minimum absolute atomic E-state index is 0. The van der Waals surface area contributed by atoms with Crippen molar-refractivity contribution in [1.82, 2.24) is 0 Å². The van der Waals surface area contributed by atoms with Gasteiger partial charge in [-0.3, -0.25) is 0 Å². The van der Waals surface area contributed by atoms with Crippen LogP contribution in [0.15, 0.2) is 0 Å². The second kappa shape index (κ2) is 22.0. The Morgan fingerprint density at radius 1 is 1.00 bits per heavy atom. The fourth-order valence-corrected chi connectivity index (χ4v) is 1.10. The monoisotopic (exact) mass is 395 g/mol. The van der Waals surface area contributed by atoms with Crippen molar-refractivity contribution in [3.05, 3.63) is 0 Å². The molecule has 0 aliphatic heterocycles. The fourth-order valence-electron chi connectivity index (χ4n) is 0.122. The molecule has 0 saturated heterocycles. The molecule has 1 N–H and O–H groups in total. The van der Waals surface area contributed by atoms with Crippen molar-refractivity contribution < 1.29 is 166 Å². The molecule has 1 atom stereocenters. The number of carboxylic acids is 1. The van der Waals surface area contributed by atoms with E-state index in [1.807, 2.05) is 0 Å². The van der Waals surface area contributed by atoms with E-state index in [-0.39, 0.29) is 156 Å². The molecule has 0 aromatic rings. The van der Waals surface area contributed by atoms with Crippen molar-refractivity contribution in [3.63, 3.8) is 0 Å². The Hall–Kier alpha value is 4.95. The number of carboxylic acid groups (broad SMARTS) is 1. The van der Waals surface area contributed by atoms with E-state index in [1.54, 1.807) is 0 Å². The van der Waals surface area contributed by atoms with Gasteiger partial charge in [0.1, 0.15) is 0 Å². The molecular weight excluding hydrogens is 390 g/mol. The summed E-state index contributed by atoms with van der Waals surface area (Å²) in [7, 11) is -11.4. The van der Waals surface area contributed by atoms with Gasteiger partial charge >= 0.3 is 156 Å². The molecule has 0 aromatic carbocycles. The summed E-state index contributed by atoms with van der Waals surface area (Å²) >= 11 is 0. The van der Waals surface area contributed by atoms with Gasteiger partial charge in [0.25, 0.3) is 0 Å². The maximum absolute atomic E-state index is 9.34. The maximum Gasteiger partial charge on any atom is 2.00 e. The van der Waals surface area contributed by atoms with Crippen molar-refractivity contribution in [3.8, 4) is 0 Å². The Balaban J connectivity index is -0.0000000282. The topological polar surface area (TPSA) is 196 Å². The zero-order chi connectivity index (χ0) is 12.9. The molecule has 0 bridgehead atoms. The van der Waals surface area contributed by atoms with Crippen LogP contribution in [0.5, 0.6) is 0 Å². The van der Waals surface area contributed by atoms with E-state index in [0.29, 0.717) is 0 Å². The first-order valence-corrected chi connectivity index (χ1v) is 5.91. The van der Waals surface area contributed by atoms with Crippen molar-refractivity contribution >= 4 is 59.4 Å². The summed E-state index contributed by atoms with van der Waals surface area (Å²) in [5.41, 5.74) is 0. The third-order valence-electron chi connectivity index (χ3n) is 0.541. The molecule has 0 rings (SSSR count). The fraction of sp³-hybridized carbons (Fsp3) is 0.667. The van der Waals surface area contributed by atoms with Crippen LogP contribution >= 0.6 is 15.6 Å². The van der Waals surface area contributed by atoms with E-state index in [1.165, 1.54) is 0 Å². The predicted molar refractivity (Wildman–Crippen MR) is 38.7 cm³/mol. The maximum atomic E-state index is 9.34. The summed E-state index contributed by atoms with van der Waals surface area (Å²) < 4.78 is 21.2. The summed E-state index contributed by atoms with van der Waals surface area (Å²) in [6.07, 6.45) is -1.34. The summed E-state index contributed by atoms with van der Waals surface area (Å²) in [6, 6.07) is 0. The number of aliphatic carboxylic acids is 1. The molecule has 0 spiro atoms. The molecule has 1 unspecified atom stereocenters. The van der Waals surface area contributed by atoms with Crippen molar-refractivity contribution in [2.45, 2.75) is 13.0 Å². The molecule has 0 fully saturated rings. The third-order valence-corrected chi connectivity index (χ3v) is 2.14. The summed E-state index contributed by atoms with van der Waals surface area (Å²) in [5, 5.41) is 17.3. The number of carbonyl (C=O) groups is 1. The molecule has 10 nitrogen and oxygen atoms in total. The van der Waals surface area contributed by atoms with Crippen molar-refractivity contribution in [2.75, 3.05) is 0 Å². The van der Waals surface area contributed by atoms with Crippen LogP contribution in [0.4, 0.5) is 0 Å². The van der Waals surface area contributed by atoms with E-state index in [9.17, 15) is 38.6 Å². The van der Waals surface area contributed by atoms with Gasteiger partial charge in [0.15, 0.2) is 0 Å². The number of hydrogen-bond donors (Lipinski definition) is 1. The molecule has 0 saturated carbocycles. The normalized spacial score (nSPS) is 10.3. The third kappa shape index (κ3) is 49.5. The first-order valence-electron chi connectivity index (χ1n) is 2.99. The number of rotatable bonds is 3. The number of hydrogen-bond acceptors (Lipinski definition) is 10. The number of aliphatic hydroxyl groups is 1. The van der Waals surface area contributed by atoms with E-state index in [2.05, 4.69) is 4.31 Å². The first kappa shape index (κ1) is 44.4. The van der Waals surface area contributed by atoms with Crippen LogP contribution in [0.2, 0.25) is 0 Å². The van der Waals surface area contributed by atoms with Crippen LogP contribution in [0.1, 0.15) is 6.92 Å². The van der Waals surface area contributed by atoms with Crippen LogP contribution in [0.3, 0.4) is 0 Å². The predicted octanol–water partition coefficient (Wildman–Crippen LogP) is -17.6. The van der Waals surface area contributed by atoms with Crippen molar-refractivity contribution in [2.24, 2.45) is 0 Å². The minimum Gasteiger partial charge on any atom is -0.790 e. The van der Waals surface area contributed by atoms with Gasteiger partial charge in [-0.1, -0.05) is 0 Å². The van der Waals surface area contributed by atoms with Gasteiger partial charge in [-0.05, 0) is 6.92 Å². The standard InChI is InChI=1S/C3H6O3.Ca.4Na.H4O7P2/c1-2(4)3(5)6;;;;;;1-8(2,3)7-9(4,5)6/h2,4H,1H3,(H,5,6);;;;;;(H2,1,2,3)(H2,4,5,6)/q;+2;4*+1;/p-5. The zero-order valence-corrected chi connectivity index (χ0v) is 23.8. The molecule has 20 heavy (non-hydrogen) atoms. The second-order valence-electron chi connectivity index (χ2n) is 1.97. The zero-order valence-electron chi connectivity index (χ0n) is 11.8. The number of phosphoric acid groups is 2. The Morgan fingerprint density at radius 3 is 1.15 bits per heavy atom. The Bertz CT molecular complexity index is 283. The van der Waals surface area contributed by atoms with Gasteiger partial charge in [-0.15, -0.1) is 0 Å². The van der Waals surface area contributed by atoms with Crippen LogP contribution in [0, 0.1) is 0 Å². The molecule has 92 valence electrons. The van der Waals surface area contributed by atoms with E-state index in [0.717, 1.165) is 6.92 Å². The Kier molecular flexibility index (Phi) is 48.8. The molecule has 0 aromatic heterocycles. The second-order valence-corrected chi connectivity index (χ2v) is 4.41. The number of aliphatic hydroxyl groups excluding tert-OH is 1. The average molecular weight is 395 g/mol. The number of carbonyl (C=O) groups excluding carboxylic acids is 1.